The first-order chi connectivity index (χ1) is 15.5. The SMILES string of the molecule is CCCCOc1cccc([C@@H]2c3c(-c4c(C)cc(C)cc4O)n[nH]c3C(=O)N2CCO)c1. The molecule has 0 saturated heterocycles. The smallest absolute Gasteiger partial charge is 0.273 e. The van der Waals surface area contributed by atoms with E-state index in [1.807, 2.05) is 44.2 Å². The van der Waals surface area contributed by atoms with Gasteiger partial charge in [0.2, 0.25) is 0 Å². The molecule has 3 N–H and O–H groups in total. The second kappa shape index (κ2) is 9.04. The Morgan fingerprint density at radius 1 is 1.22 bits per heavy atom. The van der Waals surface area contributed by atoms with Crippen LogP contribution >= 0.6 is 0 Å². The van der Waals surface area contributed by atoms with E-state index < -0.39 is 6.04 Å². The van der Waals surface area contributed by atoms with Crippen molar-refractivity contribution in [3.63, 3.8) is 0 Å². The molecule has 0 radical (unpaired) electrons. The molecule has 0 unspecified atom stereocenters. The standard InChI is InChI=1S/C25H29N3O4/c1-4-5-11-32-18-8-6-7-17(14-18)24-21-22(20-16(3)12-15(2)13-19(20)30)26-27-23(21)25(31)28(24)9-10-29/h6-8,12-14,24,29-30H,4-5,9-11H2,1-3H3,(H,26,27)/t24-/m1/s1. The summed E-state index contributed by atoms with van der Waals surface area (Å²) in [6, 6.07) is 10.9. The lowest BCUT2D eigenvalue weighted by Crippen LogP contribution is -2.32. The van der Waals surface area contributed by atoms with Crippen LogP contribution < -0.4 is 4.74 Å². The van der Waals surface area contributed by atoms with Crippen molar-refractivity contribution in [1.82, 2.24) is 15.1 Å². The molecule has 0 spiro atoms. The van der Waals surface area contributed by atoms with Crippen LogP contribution in [0.2, 0.25) is 0 Å². The molecule has 7 nitrogen and oxygen atoms in total. The van der Waals surface area contributed by atoms with Crippen molar-refractivity contribution in [2.24, 2.45) is 0 Å². The summed E-state index contributed by atoms with van der Waals surface area (Å²) in [5.41, 5.74) is 4.93. The molecule has 1 aromatic heterocycles. The van der Waals surface area contributed by atoms with Crippen LogP contribution in [0.5, 0.6) is 11.5 Å². The van der Waals surface area contributed by atoms with Crippen molar-refractivity contribution < 1.29 is 19.7 Å². The number of aromatic nitrogens is 2. The molecule has 1 aliphatic heterocycles. The normalized spacial score (nSPS) is 15.3. The molecule has 0 bridgehead atoms. The van der Waals surface area contributed by atoms with E-state index in [4.69, 9.17) is 4.74 Å². The summed E-state index contributed by atoms with van der Waals surface area (Å²) in [5.74, 6) is 0.639. The monoisotopic (exact) mass is 435 g/mol. The van der Waals surface area contributed by atoms with Crippen molar-refractivity contribution in [1.29, 1.82) is 0 Å². The minimum Gasteiger partial charge on any atom is -0.507 e. The largest absolute Gasteiger partial charge is 0.507 e. The number of aliphatic hydroxyl groups excluding tert-OH is 1. The van der Waals surface area contributed by atoms with Crippen molar-refractivity contribution in [2.45, 2.75) is 39.7 Å². The zero-order valence-corrected chi connectivity index (χ0v) is 18.7. The molecule has 7 heteroatoms. The molecule has 0 fully saturated rings. The fraction of sp³-hybridized carbons (Fsp3) is 0.360. The summed E-state index contributed by atoms with van der Waals surface area (Å²) in [4.78, 5) is 14.8. The van der Waals surface area contributed by atoms with Gasteiger partial charge in [-0.25, -0.2) is 0 Å². The highest BCUT2D eigenvalue weighted by Gasteiger charge is 2.42. The Morgan fingerprint density at radius 3 is 2.75 bits per heavy atom. The fourth-order valence-electron chi connectivity index (χ4n) is 4.43. The van der Waals surface area contributed by atoms with Crippen molar-refractivity contribution in [3.05, 3.63) is 64.3 Å². The van der Waals surface area contributed by atoms with E-state index in [2.05, 4.69) is 17.1 Å². The zero-order chi connectivity index (χ0) is 22.8. The van der Waals surface area contributed by atoms with E-state index in [1.54, 1.807) is 11.0 Å². The second-order valence-electron chi connectivity index (χ2n) is 8.24. The molecule has 3 aromatic rings. The Morgan fingerprint density at radius 2 is 2.03 bits per heavy atom. The summed E-state index contributed by atoms with van der Waals surface area (Å²) < 4.78 is 5.89. The third-order valence-corrected chi connectivity index (χ3v) is 5.84. The molecule has 168 valence electrons. The minimum absolute atomic E-state index is 0.125. The number of carbonyl (C=O) groups excluding carboxylic acids is 1. The third-order valence-electron chi connectivity index (χ3n) is 5.84. The molecule has 1 atom stereocenters. The number of β-amino-alcohol motifs (C(OH)–C–C–N with tert-alkyl or cyclic N) is 1. The number of aliphatic hydroxyl groups is 1. The summed E-state index contributed by atoms with van der Waals surface area (Å²) in [6.45, 7) is 6.61. The quantitative estimate of drug-likeness (QED) is 0.463. The number of nitrogens with one attached hydrogen (secondary N) is 1. The van der Waals surface area contributed by atoms with Gasteiger partial charge in [-0.15, -0.1) is 0 Å². The summed E-state index contributed by atoms with van der Waals surface area (Å²) in [6.07, 6.45) is 2.01. The molecule has 32 heavy (non-hydrogen) atoms. The number of H-pyrrole nitrogens is 1. The first-order valence-corrected chi connectivity index (χ1v) is 11.0. The minimum atomic E-state index is -0.451. The Balaban J connectivity index is 1.84. The average Bonchev–Trinajstić information content (AvgIpc) is 3.28. The fourth-order valence-corrected chi connectivity index (χ4v) is 4.43. The van der Waals surface area contributed by atoms with Gasteiger partial charge in [-0.2, -0.15) is 5.10 Å². The number of fused-ring (bicyclic) bond motifs is 1. The number of phenolic OH excluding ortho intramolecular Hbond substituents is 1. The van der Waals surface area contributed by atoms with Crippen LogP contribution in [0.15, 0.2) is 36.4 Å². The van der Waals surface area contributed by atoms with Crippen molar-refractivity contribution in [2.75, 3.05) is 19.8 Å². The maximum absolute atomic E-state index is 13.2. The third kappa shape index (κ3) is 3.84. The number of carbonyl (C=O) groups is 1. The molecule has 1 aliphatic rings. The molecule has 0 saturated carbocycles. The molecular formula is C25H29N3O4. The van der Waals surface area contributed by atoms with Gasteiger partial charge >= 0.3 is 0 Å². The highest BCUT2D eigenvalue weighted by molar-refractivity contribution is 6.00. The van der Waals surface area contributed by atoms with Gasteiger partial charge in [0.1, 0.15) is 22.9 Å². The Hall–Kier alpha value is -3.32. The lowest BCUT2D eigenvalue weighted by molar-refractivity contribution is 0.0706. The number of aryl methyl sites for hydroxylation is 2. The van der Waals surface area contributed by atoms with Crippen LogP contribution in [0, 0.1) is 13.8 Å². The number of benzene rings is 2. The number of aromatic amines is 1. The van der Waals surface area contributed by atoms with E-state index in [9.17, 15) is 15.0 Å². The highest BCUT2D eigenvalue weighted by Crippen LogP contribution is 2.45. The summed E-state index contributed by atoms with van der Waals surface area (Å²) in [7, 11) is 0. The summed E-state index contributed by atoms with van der Waals surface area (Å²) in [5, 5.41) is 27.7. The average molecular weight is 436 g/mol. The van der Waals surface area contributed by atoms with E-state index in [0.717, 1.165) is 35.3 Å². The first-order valence-electron chi connectivity index (χ1n) is 11.0. The van der Waals surface area contributed by atoms with E-state index in [0.29, 0.717) is 29.1 Å². The number of hydrogen-bond acceptors (Lipinski definition) is 5. The van der Waals surface area contributed by atoms with Gasteiger partial charge in [-0.05, 0) is 55.2 Å². The van der Waals surface area contributed by atoms with Crippen molar-refractivity contribution >= 4 is 5.91 Å². The van der Waals surface area contributed by atoms with E-state index in [1.165, 1.54) is 0 Å². The van der Waals surface area contributed by atoms with Gasteiger partial charge in [-0.3, -0.25) is 9.89 Å². The number of rotatable bonds is 8. The molecule has 4 rings (SSSR count). The van der Waals surface area contributed by atoms with Crippen molar-refractivity contribution in [3.8, 4) is 22.8 Å². The first kappa shape index (κ1) is 21.9. The van der Waals surface area contributed by atoms with Crippen LogP contribution in [-0.2, 0) is 0 Å². The Kier molecular flexibility index (Phi) is 6.19. The maximum atomic E-state index is 13.2. The summed E-state index contributed by atoms with van der Waals surface area (Å²) >= 11 is 0. The van der Waals surface area contributed by atoms with Gasteiger partial charge in [0, 0.05) is 17.7 Å². The molecule has 2 heterocycles. The Labute approximate surface area is 187 Å². The number of aromatic hydroxyl groups is 1. The number of ether oxygens (including phenoxy) is 1. The van der Waals surface area contributed by atoms with Crippen LogP contribution in [0.4, 0.5) is 0 Å². The van der Waals surface area contributed by atoms with Crippen LogP contribution in [-0.4, -0.2) is 51.0 Å². The van der Waals surface area contributed by atoms with Crippen LogP contribution in [0.25, 0.3) is 11.3 Å². The predicted octanol–water partition coefficient (Wildman–Crippen LogP) is 4.12. The van der Waals surface area contributed by atoms with Gasteiger partial charge < -0.3 is 19.8 Å². The van der Waals surface area contributed by atoms with Gasteiger partial charge in [0.25, 0.3) is 5.91 Å². The maximum Gasteiger partial charge on any atom is 0.273 e. The van der Waals surface area contributed by atoms with E-state index >= 15 is 0 Å². The zero-order valence-electron chi connectivity index (χ0n) is 18.7. The number of unbranched alkanes of at least 4 members (excludes halogenated alkanes) is 1. The number of hydrogen-bond donors (Lipinski definition) is 3. The second-order valence-corrected chi connectivity index (χ2v) is 8.24. The molecule has 0 aliphatic carbocycles. The molecule has 2 aromatic carbocycles. The topological polar surface area (TPSA) is 98.7 Å². The number of nitrogens with zero attached hydrogens (tertiary/aromatic N) is 2. The molecular weight excluding hydrogens is 406 g/mol. The van der Waals surface area contributed by atoms with Gasteiger partial charge in [0.05, 0.1) is 19.3 Å². The van der Waals surface area contributed by atoms with E-state index in [-0.39, 0.29) is 24.8 Å². The predicted molar refractivity (Wildman–Crippen MR) is 122 cm³/mol. The van der Waals surface area contributed by atoms with Gasteiger partial charge in [0.15, 0.2) is 0 Å². The van der Waals surface area contributed by atoms with Gasteiger partial charge in [-0.1, -0.05) is 31.5 Å². The Bertz CT molecular complexity index is 1110. The van der Waals surface area contributed by atoms with Crippen LogP contribution in [0.3, 0.4) is 0 Å². The lowest BCUT2D eigenvalue weighted by Gasteiger charge is -2.26. The molecule has 1 amide bonds. The highest BCUT2D eigenvalue weighted by atomic mass is 16.5. The number of amides is 1. The van der Waals surface area contributed by atoms with Crippen LogP contribution in [0.1, 0.15) is 58.5 Å². The lowest BCUT2D eigenvalue weighted by atomic mass is 9.93. The number of phenols is 1.